The quantitative estimate of drug-likeness (QED) is 0.677. The molecule has 0 radical (unpaired) electrons. The Bertz CT molecular complexity index is 605. The molecule has 2 aromatic carbocycles. The van der Waals surface area contributed by atoms with Crippen molar-refractivity contribution in [2.75, 3.05) is 5.32 Å². The second kappa shape index (κ2) is 7.15. The Morgan fingerprint density at radius 2 is 1.81 bits per heavy atom. The lowest BCUT2D eigenvalue weighted by Crippen LogP contribution is -2.16. The number of aryl methyl sites for hydroxylation is 2. The Balaban J connectivity index is 1.94. The van der Waals surface area contributed by atoms with Gasteiger partial charge < -0.3 is 5.32 Å². The highest BCUT2D eigenvalue weighted by Crippen LogP contribution is 2.27. The maximum atomic E-state index is 13.4. The molecule has 0 spiro atoms. The molecule has 112 valence electrons. The first-order chi connectivity index (χ1) is 9.95. The van der Waals surface area contributed by atoms with Crippen molar-refractivity contribution in [3.63, 3.8) is 0 Å². The van der Waals surface area contributed by atoms with Crippen LogP contribution in [0.25, 0.3) is 0 Å². The van der Waals surface area contributed by atoms with Gasteiger partial charge in [-0.05, 0) is 44.4 Å². The number of halogens is 3. The van der Waals surface area contributed by atoms with E-state index in [9.17, 15) is 4.39 Å². The van der Waals surface area contributed by atoms with Gasteiger partial charge in [0.25, 0.3) is 0 Å². The lowest BCUT2D eigenvalue weighted by Gasteiger charge is -2.16. The Hall–Kier alpha value is -1.25. The highest BCUT2D eigenvalue weighted by molar-refractivity contribution is 6.35. The first-order valence-corrected chi connectivity index (χ1v) is 7.68. The van der Waals surface area contributed by atoms with Gasteiger partial charge in [-0.3, -0.25) is 0 Å². The highest BCUT2D eigenvalue weighted by atomic mass is 35.5. The molecule has 0 heterocycles. The third kappa shape index (κ3) is 4.62. The zero-order chi connectivity index (χ0) is 15.4. The van der Waals surface area contributed by atoms with Crippen molar-refractivity contribution in [3.05, 3.63) is 63.4 Å². The third-order valence-electron chi connectivity index (χ3n) is 3.35. The lowest BCUT2D eigenvalue weighted by atomic mass is 10.0. The predicted molar refractivity (Wildman–Crippen MR) is 89.0 cm³/mol. The monoisotopic (exact) mass is 325 g/mol. The molecule has 0 amide bonds. The molecule has 1 N–H and O–H groups in total. The molecule has 0 aliphatic heterocycles. The van der Waals surface area contributed by atoms with Crippen LogP contribution in [0.3, 0.4) is 0 Å². The zero-order valence-corrected chi connectivity index (χ0v) is 13.6. The second-order valence-corrected chi connectivity index (χ2v) is 6.14. The molecule has 1 unspecified atom stereocenters. The number of rotatable bonds is 5. The Kier molecular flexibility index (Phi) is 5.49. The van der Waals surface area contributed by atoms with E-state index >= 15 is 0 Å². The highest BCUT2D eigenvalue weighted by Gasteiger charge is 2.09. The van der Waals surface area contributed by atoms with E-state index in [0.717, 1.165) is 18.5 Å². The first-order valence-electron chi connectivity index (χ1n) is 6.92. The van der Waals surface area contributed by atoms with Gasteiger partial charge in [-0.15, -0.1) is 0 Å². The minimum atomic E-state index is -0.573. The average Bonchev–Trinajstić information content (AvgIpc) is 2.42. The van der Waals surface area contributed by atoms with Gasteiger partial charge in [-0.2, -0.15) is 0 Å². The summed E-state index contributed by atoms with van der Waals surface area (Å²) in [6, 6.07) is 11.8. The van der Waals surface area contributed by atoms with Gasteiger partial charge in [0.2, 0.25) is 0 Å². The van der Waals surface area contributed by atoms with Crippen LogP contribution in [0.2, 0.25) is 10.0 Å². The first kappa shape index (κ1) is 16.1. The number of hydrogen-bond acceptors (Lipinski definition) is 1. The molecule has 0 bridgehead atoms. The van der Waals surface area contributed by atoms with Crippen molar-refractivity contribution in [1.82, 2.24) is 0 Å². The van der Waals surface area contributed by atoms with Crippen LogP contribution >= 0.6 is 23.2 Å². The van der Waals surface area contributed by atoms with E-state index in [2.05, 4.69) is 43.4 Å². The summed E-state index contributed by atoms with van der Waals surface area (Å²) in [6.45, 7) is 4.18. The van der Waals surface area contributed by atoms with Crippen LogP contribution in [0.15, 0.2) is 36.4 Å². The van der Waals surface area contributed by atoms with Gasteiger partial charge in [0.05, 0.1) is 10.0 Å². The number of anilines is 1. The molecule has 0 saturated carbocycles. The van der Waals surface area contributed by atoms with Crippen molar-refractivity contribution in [1.29, 1.82) is 0 Å². The van der Waals surface area contributed by atoms with Gasteiger partial charge in [0.1, 0.15) is 0 Å². The van der Waals surface area contributed by atoms with E-state index in [0.29, 0.717) is 0 Å². The van der Waals surface area contributed by atoms with E-state index in [1.54, 1.807) is 12.1 Å². The fourth-order valence-corrected chi connectivity index (χ4v) is 2.73. The normalized spacial score (nSPS) is 12.2. The van der Waals surface area contributed by atoms with Gasteiger partial charge in [-0.25, -0.2) is 4.39 Å². The molecular formula is C17H18Cl2FN. The summed E-state index contributed by atoms with van der Waals surface area (Å²) in [5.41, 5.74) is 3.33. The Morgan fingerprint density at radius 3 is 2.43 bits per heavy atom. The zero-order valence-electron chi connectivity index (χ0n) is 12.1. The second-order valence-electron chi connectivity index (χ2n) is 5.33. The van der Waals surface area contributed by atoms with Gasteiger partial charge in [0.15, 0.2) is 5.82 Å². The fourth-order valence-electron chi connectivity index (χ4n) is 2.25. The molecule has 2 aromatic rings. The molecule has 0 aromatic heterocycles. The summed E-state index contributed by atoms with van der Waals surface area (Å²) in [5.74, 6) is -0.573. The van der Waals surface area contributed by atoms with Crippen molar-refractivity contribution in [3.8, 4) is 0 Å². The summed E-state index contributed by atoms with van der Waals surface area (Å²) >= 11 is 11.6. The fraction of sp³-hybridized carbons (Fsp3) is 0.294. The smallest absolute Gasteiger partial charge is 0.160 e. The van der Waals surface area contributed by atoms with Crippen LogP contribution in [0.4, 0.5) is 10.1 Å². The van der Waals surface area contributed by atoms with Crippen LogP contribution < -0.4 is 5.32 Å². The minimum absolute atomic E-state index is 0.0379. The standard InChI is InChI=1S/C17H18Cl2FN/c1-11-4-3-5-13(8-11)7-6-12(2)21-14-9-15(18)17(20)16(19)10-14/h3-5,8-10,12,21H,6-7H2,1-2H3. The molecule has 0 saturated heterocycles. The lowest BCUT2D eigenvalue weighted by molar-refractivity contribution is 0.628. The van der Waals surface area contributed by atoms with Crippen molar-refractivity contribution in [2.24, 2.45) is 0 Å². The maximum absolute atomic E-state index is 13.4. The van der Waals surface area contributed by atoms with Crippen LogP contribution in [-0.2, 0) is 6.42 Å². The summed E-state index contributed by atoms with van der Waals surface area (Å²) in [6.07, 6.45) is 1.95. The van der Waals surface area contributed by atoms with E-state index < -0.39 is 5.82 Å². The molecule has 2 rings (SSSR count). The molecule has 0 fully saturated rings. The van der Waals surface area contributed by atoms with E-state index in [1.165, 1.54) is 11.1 Å². The Labute approximate surface area is 135 Å². The predicted octanol–water partition coefficient (Wildman–Crippen LogP) is 5.87. The SMILES string of the molecule is Cc1cccc(CCC(C)Nc2cc(Cl)c(F)c(Cl)c2)c1. The largest absolute Gasteiger partial charge is 0.382 e. The molecule has 21 heavy (non-hydrogen) atoms. The molecule has 0 aliphatic rings. The van der Waals surface area contributed by atoms with Crippen LogP contribution in [-0.4, -0.2) is 6.04 Å². The Morgan fingerprint density at radius 1 is 1.14 bits per heavy atom. The average molecular weight is 326 g/mol. The molecule has 1 atom stereocenters. The van der Waals surface area contributed by atoms with E-state index in [4.69, 9.17) is 23.2 Å². The number of benzene rings is 2. The van der Waals surface area contributed by atoms with Crippen LogP contribution in [0, 0.1) is 12.7 Å². The summed E-state index contributed by atoms with van der Waals surface area (Å²) < 4.78 is 13.4. The summed E-state index contributed by atoms with van der Waals surface area (Å²) in [5, 5.41) is 3.38. The van der Waals surface area contributed by atoms with Crippen molar-refractivity contribution in [2.45, 2.75) is 32.7 Å². The van der Waals surface area contributed by atoms with Gasteiger partial charge >= 0.3 is 0 Å². The van der Waals surface area contributed by atoms with Crippen molar-refractivity contribution < 1.29 is 4.39 Å². The molecular weight excluding hydrogens is 308 g/mol. The van der Waals surface area contributed by atoms with E-state index in [-0.39, 0.29) is 16.1 Å². The number of hydrogen-bond donors (Lipinski definition) is 1. The van der Waals surface area contributed by atoms with Crippen LogP contribution in [0.1, 0.15) is 24.5 Å². The molecule has 1 nitrogen and oxygen atoms in total. The minimum Gasteiger partial charge on any atom is -0.382 e. The summed E-state index contributed by atoms with van der Waals surface area (Å²) in [7, 11) is 0. The van der Waals surface area contributed by atoms with Gasteiger partial charge in [0, 0.05) is 11.7 Å². The molecule has 0 aliphatic carbocycles. The maximum Gasteiger partial charge on any atom is 0.160 e. The van der Waals surface area contributed by atoms with Crippen molar-refractivity contribution >= 4 is 28.9 Å². The topological polar surface area (TPSA) is 12.0 Å². The molecule has 4 heteroatoms. The van der Waals surface area contributed by atoms with E-state index in [1.807, 2.05) is 0 Å². The number of nitrogens with one attached hydrogen (secondary N) is 1. The third-order valence-corrected chi connectivity index (χ3v) is 3.90. The van der Waals surface area contributed by atoms with Gasteiger partial charge in [-0.1, -0.05) is 53.0 Å². The van der Waals surface area contributed by atoms with Crippen LogP contribution in [0.5, 0.6) is 0 Å². The summed E-state index contributed by atoms with van der Waals surface area (Å²) in [4.78, 5) is 0.